The van der Waals surface area contributed by atoms with Crippen LogP contribution in [0.2, 0.25) is 0 Å². The van der Waals surface area contributed by atoms with E-state index < -0.39 is 28.0 Å². The second kappa shape index (κ2) is 5.79. The average Bonchev–Trinajstić information content (AvgIpc) is 2.87. The van der Waals surface area contributed by atoms with E-state index in [0.29, 0.717) is 5.56 Å². The lowest BCUT2D eigenvalue weighted by molar-refractivity contribution is -0.140. The maximum absolute atomic E-state index is 12.2. The van der Waals surface area contributed by atoms with Gasteiger partial charge in [0, 0.05) is 11.6 Å². The van der Waals surface area contributed by atoms with Crippen LogP contribution in [0.4, 0.5) is 0 Å². The second-order valence-electron chi connectivity index (χ2n) is 4.88. The van der Waals surface area contributed by atoms with Crippen LogP contribution in [0.5, 0.6) is 0 Å². The molecule has 2 rings (SSSR count). The summed E-state index contributed by atoms with van der Waals surface area (Å²) in [6.07, 6.45) is 3.19. The minimum atomic E-state index is -3.80. The third-order valence-electron chi connectivity index (χ3n) is 3.26. The maximum atomic E-state index is 12.2. The fourth-order valence-corrected chi connectivity index (χ4v) is 3.37. The molecule has 21 heavy (non-hydrogen) atoms. The van der Waals surface area contributed by atoms with Crippen LogP contribution >= 0.6 is 0 Å². The Labute approximate surface area is 122 Å². The Morgan fingerprint density at radius 2 is 2.00 bits per heavy atom. The number of Topliss-reactive ketones (excluding diaryl/α,β-unsaturated/α-hetero) is 1. The van der Waals surface area contributed by atoms with Gasteiger partial charge in [0.05, 0.1) is 10.8 Å². The van der Waals surface area contributed by atoms with E-state index in [4.69, 9.17) is 5.11 Å². The van der Waals surface area contributed by atoms with Crippen molar-refractivity contribution in [3.05, 3.63) is 42.0 Å². The molecule has 0 fully saturated rings. The summed E-state index contributed by atoms with van der Waals surface area (Å²) >= 11 is 0. The fraction of sp³-hybridized carbons (Fsp3) is 0.286. The van der Waals surface area contributed by atoms with E-state index in [-0.39, 0.29) is 17.1 Å². The van der Waals surface area contributed by atoms with Gasteiger partial charge in [-0.15, -0.1) is 0 Å². The number of hydrogen-bond donors (Lipinski definition) is 2. The van der Waals surface area contributed by atoms with Crippen molar-refractivity contribution in [2.24, 2.45) is 5.92 Å². The number of carbonyl (C=O) groups excluding carboxylic acids is 1. The molecule has 0 heterocycles. The first kappa shape index (κ1) is 15.4. The van der Waals surface area contributed by atoms with Crippen LogP contribution in [0, 0.1) is 5.92 Å². The predicted molar refractivity (Wildman–Crippen MR) is 75.4 cm³/mol. The fourth-order valence-electron chi connectivity index (χ4n) is 2.12. The van der Waals surface area contributed by atoms with Gasteiger partial charge in [0.15, 0.2) is 5.78 Å². The van der Waals surface area contributed by atoms with Gasteiger partial charge in [-0.05, 0) is 25.5 Å². The maximum Gasteiger partial charge on any atom is 0.310 e. The first-order valence-electron chi connectivity index (χ1n) is 6.34. The molecule has 1 aromatic rings. The van der Waals surface area contributed by atoms with Crippen LogP contribution in [0.15, 0.2) is 41.3 Å². The Balaban J connectivity index is 2.16. The summed E-state index contributed by atoms with van der Waals surface area (Å²) in [6.45, 7) is 1.36. The number of carboxylic acid groups (broad SMARTS) is 1. The zero-order chi connectivity index (χ0) is 15.6. The number of sulfonamides is 1. The molecule has 6 nitrogen and oxygen atoms in total. The highest BCUT2D eigenvalue weighted by Crippen LogP contribution is 2.20. The number of benzene rings is 1. The Bertz CT molecular complexity index is 708. The van der Waals surface area contributed by atoms with E-state index in [9.17, 15) is 18.0 Å². The lowest BCUT2D eigenvalue weighted by Gasteiger charge is -2.13. The molecule has 0 saturated carbocycles. The Hall–Kier alpha value is -1.99. The topological polar surface area (TPSA) is 101 Å². The lowest BCUT2D eigenvalue weighted by Crippen LogP contribution is -2.33. The van der Waals surface area contributed by atoms with Crippen molar-refractivity contribution in [2.75, 3.05) is 0 Å². The molecule has 0 radical (unpaired) electrons. The minimum Gasteiger partial charge on any atom is -0.481 e. The molecule has 0 aromatic heterocycles. The Morgan fingerprint density at radius 3 is 2.57 bits per heavy atom. The van der Waals surface area contributed by atoms with Gasteiger partial charge in [-0.1, -0.05) is 24.3 Å². The van der Waals surface area contributed by atoms with Crippen molar-refractivity contribution in [3.8, 4) is 0 Å². The van der Waals surface area contributed by atoms with Crippen molar-refractivity contribution in [2.45, 2.75) is 24.3 Å². The van der Waals surface area contributed by atoms with E-state index in [0.717, 1.165) is 0 Å². The molecule has 0 bridgehead atoms. The molecule has 1 aliphatic carbocycles. The Morgan fingerprint density at radius 1 is 1.29 bits per heavy atom. The monoisotopic (exact) mass is 309 g/mol. The van der Waals surface area contributed by atoms with Gasteiger partial charge in [0.25, 0.3) is 0 Å². The summed E-state index contributed by atoms with van der Waals surface area (Å²) in [5.41, 5.74) is 0.309. The third-order valence-corrected chi connectivity index (χ3v) is 4.75. The van der Waals surface area contributed by atoms with Crippen molar-refractivity contribution < 1.29 is 23.1 Å². The third kappa shape index (κ3) is 3.56. The molecular weight excluding hydrogens is 294 g/mol. The zero-order valence-corrected chi connectivity index (χ0v) is 12.1. The highest BCUT2D eigenvalue weighted by Gasteiger charge is 2.28. The first-order chi connectivity index (χ1) is 9.79. The van der Waals surface area contributed by atoms with Crippen molar-refractivity contribution in [3.63, 3.8) is 0 Å². The van der Waals surface area contributed by atoms with Crippen molar-refractivity contribution >= 4 is 21.8 Å². The van der Waals surface area contributed by atoms with E-state index >= 15 is 0 Å². The van der Waals surface area contributed by atoms with Crippen molar-refractivity contribution in [1.29, 1.82) is 0 Å². The van der Waals surface area contributed by atoms with Gasteiger partial charge in [-0.25, -0.2) is 13.1 Å². The molecule has 1 aliphatic rings. The summed E-state index contributed by atoms with van der Waals surface area (Å²) in [6, 6.07) is 5.17. The zero-order valence-electron chi connectivity index (χ0n) is 11.3. The van der Waals surface area contributed by atoms with E-state index in [2.05, 4.69) is 4.72 Å². The first-order valence-corrected chi connectivity index (χ1v) is 7.82. The van der Waals surface area contributed by atoms with Gasteiger partial charge < -0.3 is 5.11 Å². The number of aliphatic carboxylic acids is 1. The van der Waals surface area contributed by atoms with Crippen LogP contribution in [-0.2, 0) is 14.8 Å². The highest BCUT2D eigenvalue weighted by molar-refractivity contribution is 7.89. The average molecular weight is 309 g/mol. The molecule has 2 atom stereocenters. The van der Waals surface area contributed by atoms with E-state index in [1.807, 2.05) is 0 Å². The van der Waals surface area contributed by atoms with Crippen molar-refractivity contribution in [1.82, 2.24) is 4.72 Å². The Kier molecular flexibility index (Phi) is 4.24. The summed E-state index contributed by atoms with van der Waals surface area (Å²) in [7, 11) is -3.80. The quantitative estimate of drug-likeness (QED) is 0.628. The van der Waals surface area contributed by atoms with Crippen LogP contribution in [0.1, 0.15) is 23.7 Å². The molecule has 2 unspecified atom stereocenters. The molecular formula is C14H15NO5S. The van der Waals surface area contributed by atoms with E-state index in [1.165, 1.54) is 43.3 Å². The number of hydrogen-bond acceptors (Lipinski definition) is 4. The second-order valence-corrected chi connectivity index (χ2v) is 6.59. The normalized spacial score (nSPS) is 21.4. The van der Waals surface area contributed by atoms with Gasteiger partial charge >= 0.3 is 5.97 Å². The molecule has 1 aromatic carbocycles. The minimum absolute atomic E-state index is 0.0117. The SMILES string of the molecule is CC(=O)c1cccc(S(=O)(=O)NC2C=CC(C(=O)O)C2)c1. The van der Waals surface area contributed by atoms with Crippen LogP contribution in [-0.4, -0.2) is 31.3 Å². The number of nitrogens with one attached hydrogen (secondary N) is 1. The number of carboxylic acids is 1. The highest BCUT2D eigenvalue weighted by atomic mass is 32.2. The van der Waals surface area contributed by atoms with Gasteiger partial charge in [-0.3, -0.25) is 9.59 Å². The lowest BCUT2D eigenvalue weighted by atomic mass is 10.1. The predicted octanol–water partition coefficient (Wildman–Crippen LogP) is 1.20. The van der Waals surface area contributed by atoms with Gasteiger partial charge in [0.2, 0.25) is 10.0 Å². The molecule has 0 saturated heterocycles. The molecule has 7 heteroatoms. The number of ketones is 1. The van der Waals surface area contributed by atoms with Gasteiger partial charge in [0.1, 0.15) is 0 Å². The standard InChI is InChI=1S/C14H15NO5S/c1-9(16)10-3-2-4-13(8-10)21(19,20)15-12-6-5-11(7-12)14(17)18/h2-6,8,11-12,15H,7H2,1H3,(H,17,18). The summed E-state index contributed by atoms with van der Waals surface area (Å²) < 4.78 is 26.9. The van der Waals surface area contributed by atoms with Crippen LogP contribution < -0.4 is 4.72 Å². The number of rotatable bonds is 5. The summed E-state index contributed by atoms with van der Waals surface area (Å²) in [5.74, 6) is -1.88. The van der Waals surface area contributed by atoms with Crippen LogP contribution in [0.25, 0.3) is 0 Å². The van der Waals surface area contributed by atoms with Crippen LogP contribution in [0.3, 0.4) is 0 Å². The molecule has 112 valence electrons. The smallest absolute Gasteiger partial charge is 0.310 e. The summed E-state index contributed by atoms with van der Waals surface area (Å²) in [5, 5.41) is 8.88. The largest absolute Gasteiger partial charge is 0.481 e. The van der Waals surface area contributed by atoms with Gasteiger partial charge in [-0.2, -0.15) is 0 Å². The molecule has 0 aliphatic heterocycles. The molecule has 0 amide bonds. The van der Waals surface area contributed by atoms with E-state index in [1.54, 1.807) is 0 Å². The summed E-state index contributed by atoms with van der Waals surface area (Å²) in [4.78, 5) is 22.1. The number of carbonyl (C=O) groups is 2. The molecule has 0 spiro atoms. The molecule has 2 N–H and O–H groups in total.